The maximum Gasteiger partial charge on any atom is 0.243 e. The molecule has 1 aliphatic heterocycles. The van der Waals surface area contributed by atoms with Gasteiger partial charge in [-0.1, -0.05) is 11.3 Å². The second-order valence-corrected chi connectivity index (χ2v) is 6.25. The van der Waals surface area contributed by atoms with Crippen molar-refractivity contribution in [1.29, 1.82) is 0 Å². The minimum Gasteiger partial charge on any atom is -0.247 e. The maximum absolute atomic E-state index is 13.1. The molecular formula is C11H11FN4O2S. The number of hydrogen-bond acceptors (Lipinski definition) is 4. The molecule has 19 heavy (non-hydrogen) atoms. The van der Waals surface area contributed by atoms with E-state index in [1.54, 1.807) is 17.1 Å². The van der Waals surface area contributed by atoms with Crippen molar-refractivity contribution in [3.05, 3.63) is 42.5 Å². The quantitative estimate of drug-likeness (QED) is 0.829. The largest absolute Gasteiger partial charge is 0.247 e. The summed E-state index contributed by atoms with van der Waals surface area (Å²) in [7, 11) is -3.62. The van der Waals surface area contributed by atoms with Gasteiger partial charge >= 0.3 is 0 Å². The Balaban J connectivity index is 1.77. The van der Waals surface area contributed by atoms with Gasteiger partial charge in [0.15, 0.2) is 0 Å². The van der Waals surface area contributed by atoms with Crippen LogP contribution in [-0.4, -0.2) is 40.8 Å². The Hall–Kier alpha value is -1.80. The van der Waals surface area contributed by atoms with Crippen molar-refractivity contribution in [2.24, 2.45) is 0 Å². The van der Waals surface area contributed by atoms with Crippen molar-refractivity contribution in [2.45, 2.75) is 10.9 Å². The summed E-state index contributed by atoms with van der Waals surface area (Å²) in [6.45, 7) is 0.643. The minimum absolute atomic E-state index is 0.00849. The van der Waals surface area contributed by atoms with Crippen LogP contribution in [0.15, 0.2) is 41.6 Å². The molecule has 6 nitrogen and oxygen atoms in total. The van der Waals surface area contributed by atoms with Gasteiger partial charge in [0.1, 0.15) is 5.82 Å². The van der Waals surface area contributed by atoms with Crippen LogP contribution in [0, 0.1) is 5.82 Å². The van der Waals surface area contributed by atoms with Gasteiger partial charge < -0.3 is 0 Å². The highest BCUT2D eigenvalue weighted by Gasteiger charge is 2.38. The first-order chi connectivity index (χ1) is 9.07. The first kappa shape index (κ1) is 12.2. The molecule has 1 saturated heterocycles. The van der Waals surface area contributed by atoms with Crippen LogP contribution < -0.4 is 0 Å². The molecule has 1 aliphatic rings. The number of benzene rings is 1. The van der Waals surface area contributed by atoms with E-state index in [1.807, 2.05) is 0 Å². The third-order valence-corrected chi connectivity index (χ3v) is 4.91. The highest BCUT2D eigenvalue weighted by Crippen LogP contribution is 2.27. The van der Waals surface area contributed by atoms with Gasteiger partial charge in [0.05, 0.1) is 17.1 Å². The molecule has 0 aliphatic carbocycles. The second-order valence-electron chi connectivity index (χ2n) is 4.32. The molecule has 0 N–H and O–H groups in total. The standard InChI is InChI=1S/C11H11FN4O2S/c12-9-2-1-3-11(6-9)19(17,18)15-7-10(8-15)16-5-4-13-14-16/h1-6,10H,7-8H2. The van der Waals surface area contributed by atoms with Crippen molar-refractivity contribution in [1.82, 2.24) is 19.3 Å². The van der Waals surface area contributed by atoms with Gasteiger partial charge in [-0.2, -0.15) is 4.31 Å². The van der Waals surface area contributed by atoms with E-state index in [-0.39, 0.29) is 10.9 Å². The summed E-state index contributed by atoms with van der Waals surface area (Å²) in [6.07, 6.45) is 3.24. The summed E-state index contributed by atoms with van der Waals surface area (Å²) in [5, 5.41) is 7.50. The zero-order valence-electron chi connectivity index (χ0n) is 9.85. The molecule has 0 bridgehead atoms. The van der Waals surface area contributed by atoms with E-state index in [0.29, 0.717) is 13.1 Å². The number of nitrogens with zero attached hydrogens (tertiary/aromatic N) is 4. The van der Waals surface area contributed by atoms with Crippen molar-refractivity contribution in [3.8, 4) is 0 Å². The molecule has 0 amide bonds. The predicted octanol–water partition coefficient (Wildman–Crippen LogP) is 0.663. The van der Waals surface area contributed by atoms with Crippen molar-refractivity contribution >= 4 is 10.0 Å². The summed E-state index contributed by atoms with van der Waals surface area (Å²) in [6, 6.07) is 5.01. The maximum atomic E-state index is 13.1. The van der Waals surface area contributed by atoms with Crippen LogP contribution in [0.4, 0.5) is 4.39 Å². The molecule has 1 aromatic carbocycles. The molecule has 3 rings (SSSR count). The van der Waals surface area contributed by atoms with E-state index in [1.165, 1.54) is 22.5 Å². The number of sulfonamides is 1. The average molecular weight is 282 g/mol. The van der Waals surface area contributed by atoms with Crippen molar-refractivity contribution in [3.63, 3.8) is 0 Å². The Morgan fingerprint density at radius 3 is 2.74 bits per heavy atom. The van der Waals surface area contributed by atoms with Crippen LogP contribution in [-0.2, 0) is 10.0 Å². The average Bonchev–Trinajstić information content (AvgIpc) is 2.80. The van der Waals surface area contributed by atoms with Crippen LogP contribution in [0.3, 0.4) is 0 Å². The second kappa shape index (κ2) is 4.39. The molecule has 0 unspecified atom stereocenters. The molecular weight excluding hydrogens is 271 g/mol. The van der Waals surface area contributed by atoms with Gasteiger partial charge in [-0.05, 0) is 18.2 Å². The normalized spacial score (nSPS) is 17.3. The molecule has 1 aromatic heterocycles. The van der Waals surface area contributed by atoms with Crippen LogP contribution in [0.2, 0.25) is 0 Å². The van der Waals surface area contributed by atoms with Crippen LogP contribution in [0.25, 0.3) is 0 Å². The lowest BCUT2D eigenvalue weighted by Gasteiger charge is -2.37. The summed E-state index contributed by atoms with van der Waals surface area (Å²) < 4.78 is 40.4. The third-order valence-electron chi connectivity index (χ3n) is 3.08. The Morgan fingerprint density at radius 2 is 2.11 bits per heavy atom. The molecule has 0 saturated carbocycles. The molecule has 0 spiro atoms. The smallest absolute Gasteiger partial charge is 0.243 e. The Morgan fingerprint density at radius 1 is 1.32 bits per heavy atom. The lowest BCUT2D eigenvalue weighted by Crippen LogP contribution is -2.50. The highest BCUT2D eigenvalue weighted by atomic mass is 32.2. The van der Waals surface area contributed by atoms with Gasteiger partial charge in [-0.15, -0.1) is 5.10 Å². The van der Waals surface area contributed by atoms with Crippen LogP contribution >= 0.6 is 0 Å². The van der Waals surface area contributed by atoms with Crippen LogP contribution in [0.1, 0.15) is 6.04 Å². The number of aromatic nitrogens is 3. The summed E-state index contributed by atoms with van der Waals surface area (Å²) in [5.74, 6) is -0.561. The highest BCUT2D eigenvalue weighted by molar-refractivity contribution is 7.89. The van der Waals surface area contributed by atoms with Crippen LogP contribution in [0.5, 0.6) is 0 Å². The number of hydrogen-bond donors (Lipinski definition) is 0. The number of rotatable bonds is 3. The van der Waals surface area contributed by atoms with E-state index in [4.69, 9.17) is 0 Å². The van der Waals surface area contributed by atoms with Gasteiger partial charge in [-0.3, -0.25) is 0 Å². The molecule has 0 radical (unpaired) electrons. The molecule has 100 valence electrons. The first-order valence-corrected chi connectivity index (χ1v) is 7.13. The molecule has 8 heteroatoms. The Kier molecular flexibility index (Phi) is 2.83. The zero-order chi connectivity index (χ0) is 13.5. The lowest BCUT2D eigenvalue weighted by atomic mass is 10.2. The monoisotopic (exact) mass is 282 g/mol. The van der Waals surface area contributed by atoms with E-state index in [0.717, 1.165) is 6.07 Å². The summed E-state index contributed by atoms with van der Waals surface area (Å²) in [5.41, 5.74) is 0. The zero-order valence-corrected chi connectivity index (χ0v) is 10.7. The molecule has 2 heterocycles. The first-order valence-electron chi connectivity index (χ1n) is 5.69. The lowest BCUT2D eigenvalue weighted by molar-refractivity contribution is 0.189. The number of halogens is 1. The fourth-order valence-electron chi connectivity index (χ4n) is 1.97. The van der Waals surface area contributed by atoms with Gasteiger partial charge in [0, 0.05) is 19.3 Å². The van der Waals surface area contributed by atoms with E-state index in [9.17, 15) is 12.8 Å². The molecule has 2 aromatic rings. The van der Waals surface area contributed by atoms with Gasteiger partial charge in [0.2, 0.25) is 10.0 Å². The van der Waals surface area contributed by atoms with Gasteiger partial charge in [0.25, 0.3) is 0 Å². The predicted molar refractivity (Wildman–Crippen MR) is 64.2 cm³/mol. The summed E-state index contributed by atoms with van der Waals surface area (Å²) >= 11 is 0. The topological polar surface area (TPSA) is 68.1 Å². The van der Waals surface area contributed by atoms with Crippen molar-refractivity contribution in [2.75, 3.05) is 13.1 Å². The summed E-state index contributed by atoms with van der Waals surface area (Å²) in [4.78, 5) is -0.0236. The van der Waals surface area contributed by atoms with E-state index >= 15 is 0 Å². The van der Waals surface area contributed by atoms with Crippen molar-refractivity contribution < 1.29 is 12.8 Å². The molecule has 1 fully saturated rings. The third kappa shape index (κ3) is 2.13. The SMILES string of the molecule is O=S(=O)(c1cccc(F)c1)N1CC(n2ccnn2)C1. The Labute approximate surface area is 109 Å². The fourth-order valence-corrected chi connectivity index (χ4v) is 3.52. The fraction of sp³-hybridized carbons (Fsp3) is 0.273. The molecule has 0 atom stereocenters. The van der Waals surface area contributed by atoms with E-state index < -0.39 is 15.8 Å². The van der Waals surface area contributed by atoms with E-state index in [2.05, 4.69) is 10.3 Å². The van der Waals surface area contributed by atoms with Gasteiger partial charge in [-0.25, -0.2) is 17.5 Å². The minimum atomic E-state index is -3.62. The Bertz CT molecular complexity index is 680.